The maximum absolute atomic E-state index is 14.3. The topological polar surface area (TPSA) is 266 Å². The second-order valence-electron chi connectivity index (χ2n) is 26.8. The molecule has 1 rings (SSSR count). The number of carboxylic acid groups (broad SMARTS) is 1. The number of carboxylic acids is 1. The van der Waals surface area contributed by atoms with Crippen molar-refractivity contribution in [1.29, 1.82) is 0 Å². The molecule has 0 aromatic carbocycles. The van der Waals surface area contributed by atoms with Gasteiger partial charge in [-0.3, -0.25) is 33.6 Å². The van der Waals surface area contributed by atoms with E-state index in [0.717, 1.165) is 141 Å². The highest BCUT2D eigenvalue weighted by Crippen LogP contribution is 2.35. The van der Waals surface area contributed by atoms with Gasteiger partial charge in [0.05, 0.1) is 39.0 Å². The van der Waals surface area contributed by atoms with Crippen LogP contribution in [0.25, 0.3) is 0 Å². The monoisotopic (exact) mass is 1340 g/mol. The first-order valence-corrected chi connectivity index (χ1v) is 38.2. The quantitative estimate of drug-likeness (QED) is 0.0191. The Balaban J connectivity index is 3.67. The van der Waals surface area contributed by atoms with Crippen molar-refractivity contribution in [2.24, 2.45) is 0 Å². The number of ether oxygens (including phenoxy) is 7. The van der Waals surface area contributed by atoms with E-state index in [2.05, 4.69) is 38.3 Å². The standard InChI is InChI=1S/C75H136N2O17/c1-7-13-19-23-27-30-34-37-43-47-61(90-71(84)52-46-40-33-26-22-16-10-4)53-67(80)76-59-75(89-58-64(74(86)87)77-68(81)54-62(91-69(82)50-41-17-11-5)48-44-38-35-31-28-24-20-14-8-2)56-65(73(88-60-79)66(57-78)94-75)93-72(85)55-63(92-70(83)51-42-18-12-6)49-45-39-36-32-29-25-21-15-9-3/h60-66,73,78H,7-59H2,1-6H3,(H,76,80)(H,77,81)(H,86,87). The van der Waals surface area contributed by atoms with Gasteiger partial charge in [0.15, 0.2) is 17.9 Å². The summed E-state index contributed by atoms with van der Waals surface area (Å²) in [5.74, 6) is -6.97. The number of carbonyl (C=O) groups is 8. The number of hydrogen-bond donors (Lipinski definition) is 4. The Morgan fingerprint density at radius 1 is 0.468 bits per heavy atom. The molecule has 0 saturated carbocycles. The summed E-state index contributed by atoms with van der Waals surface area (Å²) in [6, 6.07) is -1.74. The molecule has 19 nitrogen and oxygen atoms in total. The van der Waals surface area contributed by atoms with Gasteiger partial charge in [-0.15, -0.1) is 0 Å². The molecule has 1 aliphatic heterocycles. The van der Waals surface area contributed by atoms with Crippen LogP contribution in [0.1, 0.15) is 363 Å². The second-order valence-corrected chi connectivity index (χ2v) is 26.8. The molecule has 8 atom stereocenters. The number of nitrogens with one attached hydrogen (secondary N) is 2. The Bertz CT molecular complexity index is 1940. The first-order valence-electron chi connectivity index (χ1n) is 38.2. The van der Waals surface area contributed by atoms with Crippen molar-refractivity contribution in [3.05, 3.63) is 0 Å². The minimum atomic E-state index is -2.12. The number of unbranched alkanes of at least 4 members (excludes halogenated alkanes) is 34. The van der Waals surface area contributed by atoms with E-state index in [1.165, 1.54) is 83.5 Å². The van der Waals surface area contributed by atoms with Gasteiger partial charge in [-0.05, 0) is 57.8 Å². The van der Waals surface area contributed by atoms with Gasteiger partial charge in [0.1, 0.15) is 30.5 Å². The number of rotatable bonds is 66. The molecule has 0 bridgehead atoms. The highest BCUT2D eigenvalue weighted by Gasteiger charge is 2.52. The van der Waals surface area contributed by atoms with E-state index < -0.39 is 116 Å². The second kappa shape index (κ2) is 59.9. The van der Waals surface area contributed by atoms with Crippen molar-refractivity contribution < 1.29 is 81.7 Å². The van der Waals surface area contributed by atoms with Gasteiger partial charge < -0.3 is 54.0 Å². The van der Waals surface area contributed by atoms with Gasteiger partial charge >= 0.3 is 29.8 Å². The predicted molar refractivity (Wildman–Crippen MR) is 369 cm³/mol. The fourth-order valence-corrected chi connectivity index (χ4v) is 12.2. The highest BCUT2D eigenvalue weighted by atomic mass is 16.7. The first-order chi connectivity index (χ1) is 45.6. The number of aliphatic hydroxyl groups is 1. The number of carbonyl (C=O) groups excluding carboxylic acids is 7. The minimum Gasteiger partial charge on any atom is -0.480 e. The van der Waals surface area contributed by atoms with Crippen LogP contribution in [0.3, 0.4) is 0 Å². The van der Waals surface area contributed by atoms with E-state index in [9.17, 15) is 48.6 Å². The van der Waals surface area contributed by atoms with E-state index in [0.29, 0.717) is 51.4 Å². The van der Waals surface area contributed by atoms with Crippen LogP contribution in [0, 0.1) is 0 Å². The maximum Gasteiger partial charge on any atom is 0.328 e. The van der Waals surface area contributed by atoms with Crippen molar-refractivity contribution in [2.75, 3.05) is 19.8 Å². The Hall–Kier alpha value is -4.36. The number of hydrogen-bond acceptors (Lipinski definition) is 16. The fraction of sp³-hybridized carbons (Fsp3) is 0.893. The molecule has 1 aliphatic rings. The third-order valence-electron chi connectivity index (χ3n) is 17.9. The fourth-order valence-electron chi connectivity index (χ4n) is 12.2. The van der Waals surface area contributed by atoms with E-state index >= 15 is 0 Å². The zero-order chi connectivity index (χ0) is 69.1. The zero-order valence-electron chi connectivity index (χ0n) is 60.1. The van der Waals surface area contributed by atoms with Crippen LogP contribution in [0.5, 0.6) is 0 Å². The van der Waals surface area contributed by atoms with E-state index in [1.807, 2.05) is 13.8 Å². The molecule has 94 heavy (non-hydrogen) atoms. The van der Waals surface area contributed by atoms with Crippen LogP contribution in [0.4, 0.5) is 0 Å². The Labute approximate surface area is 569 Å². The largest absolute Gasteiger partial charge is 0.480 e. The third-order valence-corrected chi connectivity index (χ3v) is 17.9. The van der Waals surface area contributed by atoms with Gasteiger partial charge in [-0.2, -0.15) is 0 Å². The van der Waals surface area contributed by atoms with Gasteiger partial charge in [-0.25, -0.2) is 4.79 Å². The average Bonchev–Trinajstić information content (AvgIpc) is 0.813. The smallest absolute Gasteiger partial charge is 0.328 e. The summed E-state index contributed by atoms with van der Waals surface area (Å²) in [5, 5.41) is 27.0. The predicted octanol–water partition coefficient (Wildman–Crippen LogP) is 16.6. The number of esters is 4. The molecule has 19 heteroatoms. The molecule has 0 aromatic rings. The minimum absolute atomic E-state index is 0.127. The summed E-state index contributed by atoms with van der Waals surface area (Å²) >= 11 is 0. The van der Waals surface area contributed by atoms with Crippen molar-refractivity contribution in [1.82, 2.24) is 10.6 Å². The molecule has 548 valence electrons. The molecule has 1 fully saturated rings. The van der Waals surface area contributed by atoms with Crippen LogP contribution in [0.15, 0.2) is 0 Å². The maximum atomic E-state index is 14.3. The normalized spacial score (nSPS) is 17.5. The summed E-state index contributed by atoms with van der Waals surface area (Å²) in [4.78, 5) is 107. The molecule has 0 aromatic heterocycles. The first kappa shape index (κ1) is 87.7. The summed E-state index contributed by atoms with van der Waals surface area (Å²) in [6.07, 6.45) is 34.4. The molecule has 1 heterocycles. The molecule has 0 radical (unpaired) electrons. The summed E-state index contributed by atoms with van der Waals surface area (Å²) in [5.41, 5.74) is 0. The van der Waals surface area contributed by atoms with Crippen LogP contribution in [-0.2, 0) is 71.5 Å². The van der Waals surface area contributed by atoms with Gasteiger partial charge in [0.2, 0.25) is 11.8 Å². The summed E-state index contributed by atoms with van der Waals surface area (Å²) in [6.45, 7) is 10.8. The van der Waals surface area contributed by atoms with Crippen LogP contribution >= 0.6 is 0 Å². The Morgan fingerprint density at radius 3 is 1.18 bits per heavy atom. The van der Waals surface area contributed by atoms with Gasteiger partial charge in [0.25, 0.3) is 6.47 Å². The molecule has 4 N–H and O–H groups in total. The molecular formula is C75H136N2O17. The lowest BCUT2D eigenvalue weighted by Crippen LogP contribution is -2.63. The van der Waals surface area contributed by atoms with Crippen molar-refractivity contribution >= 4 is 48.1 Å². The van der Waals surface area contributed by atoms with Gasteiger partial charge in [0, 0.05) is 25.7 Å². The summed E-state index contributed by atoms with van der Waals surface area (Å²) in [7, 11) is 0. The summed E-state index contributed by atoms with van der Waals surface area (Å²) < 4.78 is 42.3. The van der Waals surface area contributed by atoms with Gasteiger partial charge in [-0.1, -0.05) is 260 Å². The molecular weight excluding hydrogens is 1200 g/mol. The molecule has 0 spiro atoms. The van der Waals surface area contributed by atoms with E-state index in [-0.39, 0.29) is 45.0 Å². The molecule has 1 saturated heterocycles. The van der Waals surface area contributed by atoms with Crippen LogP contribution < -0.4 is 10.6 Å². The van der Waals surface area contributed by atoms with Crippen LogP contribution in [0.2, 0.25) is 0 Å². The number of amides is 2. The van der Waals surface area contributed by atoms with Crippen molar-refractivity contribution in [3.8, 4) is 0 Å². The number of aliphatic hydroxyl groups excluding tert-OH is 1. The Kier molecular flexibility index (Phi) is 55.8. The lowest BCUT2D eigenvalue weighted by Gasteiger charge is -2.46. The van der Waals surface area contributed by atoms with E-state index in [1.54, 1.807) is 0 Å². The highest BCUT2D eigenvalue weighted by molar-refractivity contribution is 5.84. The lowest BCUT2D eigenvalue weighted by molar-refractivity contribution is -0.322. The average molecular weight is 1340 g/mol. The number of aliphatic carboxylic acids is 1. The zero-order valence-corrected chi connectivity index (χ0v) is 60.1. The molecule has 2 amide bonds. The SMILES string of the molecule is CCCCCCCCCCCC(CC(=O)NCC1(OCC(NC(=O)CC(CCCCCCCCCCC)OC(=O)CCCCC)C(=O)O)CC(OC(=O)CC(CCCCCCCCCCC)OC(=O)CCCCC)C(OC=O)C(CO)O1)OC(=O)CCCCCCCCC. The van der Waals surface area contributed by atoms with Crippen LogP contribution in [-0.4, -0.2) is 127 Å². The van der Waals surface area contributed by atoms with Crippen molar-refractivity contribution in [3.63, 3.8) is 0 Å². The Morgan fingerprint density at radius 2 is 0.809 bits per heavy atom. The van der Waals surface area contributed by atoms with Crippen molar-refractivity contribution in [2.45, 2.75) is 411 Å². The molecule has 0 aliphatic carbocycles. The third kappa shape index (κ3) is 46.7. The lowest BCUT2D eigenvalue weighted by atomic mass is 9.94. The molecule has 8 unspecified atom stereocenters. The van der Waals surface area contributed by atoms with E-state index in [4.69, 9.17) is 33.2 Å².